The van der Waals surface area contributed by atoms with E-state index < -0.39 is 96.1 Å². The van der Waals surface area contributed by atoms with Gasteiger partial charge in [-0.1, -0.05) is 19.0 Å². The van der Waals surface area contributed by atoms with Crippen LogP contribution in [0, 0.1) is 17.2 Å². The normalized spacial score (nSPS) is 24.9. The predicted octanol–water partition coefficient (Wildman–Crippen LogP) is 2.88. The number of benzene rings is 1. The zero-order chi connectivity index (χ0) is 27.7. The Balaban J connectivity index is 1.72. The van der Waals surface area contributed by atoms with Crippen molar-refractivity contribution >= 4 is 23.5 Å². The third-order valence-electron chi connectivity index (χ3n) is 6.94. The molecule has 3 atom stereocenters. The highest BCUT2D eigenvalue weighted by Crippen LogP contribution is 2.50. The molecule has 2 aromatic rings. The molecule has 1 aromatic heterocycles. The van der Waals surface area contributed by atoms with E-state index in [9.17, 15) is 36.3 Å². The van der Waals surface area contributed by atoms with Crippen molar-refractivity contribution in [3.05, 3.63) is 29.4 Å². The minimum atomic E-state index is -4.84. The predicted molar refractivity (Wildman–Crippen MR) is 113 cm³/mol. The Morgan fingerprint density at radius 2 is 1.79 bits per heavy atom. The Hall–Kier alpha value is -3.69. The fraction of sp³-hybridized carbons (Fsp3) is 0.500. The van der Waals surface area contributed by atoms with Crippen LogP contribution in [0.3, 0.4) is 0 Å². The number of nitrogens with zero attached hydrogens (tertiary/aromatic N) is 3. The van der Waals surface area contributed by atoms with E-state index in [2.05, 4.69) is 14.7 Å². The Kier molecular flexibility index (Phi) is 5.92. The van der Waals surface area contributed by atoms with Crippen LogP contribution in [0.15, 0.2) is 16.7 Å². The van der Waals surface area contributed by atoms with Crippen molar-refractivity contribution in [2.45, 2.75) is 51.1 Å². The van der Waals surface area contributed by atoms with Gasteiger partial charge in [-0.25, -0.2) is 9.18 Å². The Bertz CT molecular complexity index is 1310. The highest BCUT2D eigenvalue weighted by atomic mass is 19.4. The Morgan fingerprint density at radius 3 is 2.34 bits per heavy atom. The van der Waals surface area contributed by atoms with Gasteiger partial charge in [-0.2, -0.15) is 26.9 Å². The summed E-state index contributed by atoms with van der Waals surface area (Å²) in [4.78, 5) is 43.0. The van der Waals surface area contributed by atoms with Gasteiger partial charge in [0.1, 0.15) is 5.82 Å². The second-order valence-corrected chi connectivity index (χ2v) is 9.58. The van der Waals surface area contributed by atoms with Gasteiger partial charge in [0.2, 0.25) is 17.6 Å². The number of hydrogen-bond acceptors (Lipinski definition) is 8. The average molecular weight is 547 g/mol. The smallest absolute Gasteiger partial charge is 0.361 e. The van der Waals surface area contributed by atoms with E-state index in [1.807, 2.05) is 10.6 Å². The molecule has 0 saturated carbocycles. The number of nitrogens with one attached hydrogen (secondary N) is 2. The lowest BCUT2D eigenvalue weighted by molar-refractivity contribution is -0.250. The molecule has 2 N–H and O–H groups in total. The lowest BCUT2D eigenvalue weighted by atomic mass is 9.65. The number of rotatable bonds is 3. The Labute approximate surface area is 209 Å². The minimum Gasteiger partial charge on any atom is -0.361 e. The fourth-order valence-electron chi connectivity index (χ4n) is 5.29. The average Bonchev–Trinajstić information content (AvgIpc) is 3.31. The molecule has 2 fully saturated rings. The van der Waals surface area contributed by atoms with Crippen molar-refractivity contribution in [2.24, 2.45) is 11.3 Å². The maximum absolute atomic E-state index is 15.3. The fourth-order valence-corrected chi connectivity index (χ4v) is 5.29. The topological polar surface area (TPSA) is 127 Å². The van der Waals surface area contributed by atoms with E-state index in [0.29, 0.717) is 0 Å². The molecule has 2 saturated heterocycles. The van der Waals surface area contributed by atoms with Crippen molar-refractivity contribution in [3.63, 3.8) is 0 Å². The maximum Gasteiger partial charge on any atom is 0.416 e. The minimum absolute atomic E-state index is 0.0195. The summed E-state index contributed by atoms with van der Waals surface area (Å²) >= 11 is 0. The monoisotopic (exact) mass is 547 g/mol. The molecular formula is C22H19F6N5O5. The summed E-state index contributed by atoms with van der Waals surface area (Å²) in [5.41, 5.74) is -2.65. The number of imide groups is 2. The molecule has 10 nitrogen and oxygen atoms in total. The third-order valence-corrected chi connectivity index (χ3v) is 6.94. The molecule has 0 aliphatic carbocycles. The van der Waals surface area contributed by atoms with Gasteiger partial charge in [0.25, 0.3) is 5.89 Å². The highest BCUT2D eigenvalue weighted by molar-refractivity contribution is 6.20. The van der Waals surface area contributed by atoms with Crippen LogP contribution in [0.25, 0.3) is 11.4 Å². The van der Waals surface area contributed by atoms with Crippen molar-refractivity contribution in [1.29, 1.82) is 0 Å². The van der Waals surface area contributed by atoms with Gasteiger partial charge in [-0.3, -0.25) is 20.2 Å². The van der Waals surface area contributed by atoms with Gasteiger partial charge in [-0.05, 0) is 30.0 Å². The molecular weight excluding hydrogens is 528 g/mol. The van der Waals surface area contributed by atoms with Crippen LogP contribution in [0.5, 0.6) is 0 Å². The molecule has 4 heterocycles. The molecule has 16 heteroatoms. The standard InChI is InChI=1S/C22H19F6N5O5/c1-7(2)13-14-21(18(34)30-20(36)31-19(21)35)5-8-3-9(16-29-17(15(24)25)38-32-16)10(23)4-11(8)33(14)6-12(37-13)22(26,27)28/h3-4,7,12-15H,5-6H2,1-2H3,(H2,30,31,34,35,36)/t12-,13-,14+/m0/s1. The van der Waals surface area contributed by atoms with Gasteiger partial charge in [0.05, 0.1) is 24.3 Å². The summed E-state index contributed by atoms with van der Waals surface area (Å²) in [6, 6.07) is -0.548. The number of hydrogen-bond donors (Lipinski definition) is 2. The van der Waals surface area contributed by atoms with Gasteiger partial charge in [0, 0.05) is 5.69 Å². The number of morpholine rings is 1. The first-order chi connectivity index (χ1) is 17.7. The summed E-state index contributed by atoms with van der Waals surface area (Å²) in [6.07, 6.45) is -12.2. The quantitative estimate of drug-likeness (QED) is 0.444. The number of carbonyl (C=O) groups is 3. The third kappa shape index (κ3) is 3.88. The van der Waals surface area contributed by atoms with Gasteiger partial charge in [-0.15, -0.1) is 0 Å². The highest BCUT2D eigenvalue weighted by Gasteiger charge is 2.65. The van der Waals surface area contributed by atoms with Crippen LogP contribution in [-0.4, -0.2) is 59.0 Å². The lowest BCUT2D eigenvalue weighted by Crippen LogP contribution is -2.76. The molecule has 3 aliphatic heterocycles. The summed E-state index contributed by atoms with van der Waals surface area (Å²) in [7, 11) is 0. The second kappa shape index (κ2) is 8.68. The van der Waals surface area contributed by atoms with E-state index in [1.54, 1.807) is 0 Å². The number of urea groups is 1. The van der Waals surface area contributed by atoms with Crippen LogP contribution in [0.2, 0.25) is 0 Å². The number of alkyl halides is 5. The van der Waals surface area contributed by atoms with E-state index in [1.165, 1.54) is 13.8 Å². The zero-order valence-electron chi connectivity index (χ0n) is 19.6. The van der Waals surface area contributed by atoms with Crippen molar-refractivity contribution < 1.29 is 50.0 Å². The van der Waals surface area contributed by atoms with Crippen LogP contribution in [0.1, 0.15) is 31.7 Å². The van der Waals surface area contributed by atoms with Crippen molar-refractivity contribution in [2.75, 3.05) is 11.4 Å². The molecule has 38 heavy (non-hydrogen) atoms. The maximum atomic E-state index is 15.3. The number of fused-ring (bicyclic) bond motifs is 4. The second-order valence-electron chi connectivity index (χ2n) is 9.58. The van der Waals surface area contributed by atoms with E-state index in [-0.39, 0.29) is 11.3 Å². The summed E-state index contributed by atoms with van der Waals surface area (Å²) in [6.45, 7) is 2.18. The first kappa shape index (κ1) is 25.9. The lowest BCUT2D eigenvalue weighted by Gasteiger charge is -2.57. The first-order valence-electron chi connectivity index (χ1n) is 11.3. The molecule has 3 aliphatic rings. The van der Waals surface area contributed by atoms with Crippen LogP contribution < -0.4 is 15.5 Å². The van der Waals surface area contributed by atoms with Gasteiger partial charge in [0.15, 0.2) is 11.5 Å². The van der Waals surface area contributed by atoms with E-state index in [0.717, 1.165) is 17.0 Å². The Morgan fingerprint density at radius 1 is 1.13 bits per heavy atom. The molecule has 1 aromatic carbocycles. The molecule has 204 valence electrons. The zero-order valence-corrected chi connectivity index (χ0v) is 19.6. The number of ether oxygens (including phenoxy) is 1. The molecule has 0 radical (unpaired) electrons. The largest absolute Gasteiger partial charge is 0.416 e. The summed E-state index contributed by atoms with van der Waals surface area (Å²) in [5, 5.41) is 7.32. The van der Waals surface area contributed by atoms with Crippen LogP contribution in [0.4, 0.5) is 36.8 Å². The van der Waals surface area contributed by atoms with Crippen molar-refractivity contribution in [3.8, 4) is 11.4 Å². The van der Waals surface area contributed by atoms with Crippen LogP contribution in [-0.2, 0) is 20.7 Å². The van der Waals surface area contributed by atoms with Crippen molar-refractivity contribution in [1.82, 2.24) is 20.8 Å². The summed E-state index contributed by atoms with van der Waals surface area (Å²) < 4.78 is 92.5. The van der Waals surface area contributed by atoms with E-state index >= 15 is 4.39 Å². The van der Waals surface area contributed by atoms with Gasteiger partial charge < -0.3 is 14.2 Å². The van der Waals surface area contributed by atoms with Crippen LogP contribution >= 0.6 is 0 Å². The SMILES string of the molecule is CC(C)[C@@H]1O[C@H](C(F)(F)F)CN2c3cc(F)c(-c4noc(C(F)F)n4)cc3CC3(C(=O)NC(=O)NC3=O)[C@@H]12. The van der Waals surface area contributed by atoms with E-state index in [4.69, 9.17) is 4.74 Å². The molecule has 5 rings (SSSR count). The molecule has 0 bridgehead atoms. The number of halogens is 6. The number of amides is 4. The number of aromatic nitrogens is 2. The number of anilines is 1. The molecule has 1 spiro atoms. The first-order valence-corrected chi connectivity index (χ1v) is 11.3. The molecule has 0 unspecified atom stereocenters. The molecule has 4 amide bonds. The number of barbiturate groups is 1. The van der Waals surface area contributed by atoms with Gasteiger partial charge >= 0.3 is 18.6 Å². The number of carbonyl (C=O) groups excluding carboxylic acids is 3. The summed E-state index contributed by atoms with van der Waals surface area (Å²) in [5.74, 6) is -5.52.